The maximum Gasteiger partial charge on any atom is 3.00 e. The minimum Gasteiger partial charge on any atom is -0.343 e. The van der Waals surface area contributed by atoms with Gasteiger partial charge < -0.3 is 20.8 Å². The smallest absolute Gasteiger partial charge is 0.343 e. The first-order chi connectivity index (χ1) is 7.24. The SMILES string of the molecule is [CH2-]CCCC.[CH2-]CCCC.[CH2-]CCCC.[P+3]. The van der Waals surface area contributed by atoms with Crippen LogP contribution in [-0.4, -0.2) is 0 Å². The van der Waals surface area contributed by atoms with E-state index in [1.54, 1.807) is 0 Å². The molecule has 0 nitrogen and oxygen atoms in total. The van der Waals surface area contributed by atoms with Gasteiger partial charge in [0.15, 0.2) is 0 Å². The van der Waals surface area contributed by atoms with Crippen molar-refractivity contribution in [2.24, 2.45) is 0 Å². The van der Waals surface area contributed by atoms with Gasteiger partial charge in [0, 0.05) is 0 Å². The predicted molar refractivity (Wildman–Crippen MR) is 81.6 cm³/mol. The Morgan fingerprint density at radius 3 is 0.750 bits per heavy atom. The van der Waals surface area contributed by atoms with E-state index in [4.69, 9.17) is 0 Å². The maximum absolute atomic E-state index is 3.68. The zero-order chi connectivity index (χ0) is 12.4. The maximum atomic E-state index is 3.68. The zero-order valence-electron chi connectivity index (χ0n) is 11.9. The molecule has 0 aliphatic carbocycles. The zero-order valence-corrected chi connectivity index (χ0v) is 12.8. The van der Waals surface area contributed by atoms with E-state index in [-0.39, 0.29) is 9.90 Å². The summed E-state index contributed by atoms with van der Waals surface area (Å²) in [7, 11) is 0. The van der Waals surface area contributed by atoms with Gasteiger partial charge in [0.1, 0.15) is 0 Å². The first-order valence-corrected chi connectivity index (χ1v) is 6.62. The third-order valence-electron chi connectivity index (χ3n) is 1.81. The molecule has 0 atom stereocenters. The Kier molecular flexibility index (Phi) is 57.2. The van der Waals surface area contributed by atoms with E-state index in [0.717, 1.165) is 19.3 Å². The Morgan fingerprint density at radius 2 is 0.750 bits per heavy atom. The first kappa shape index (κ1) is 25.3. The van der Waals surface area contributed by atoms with Crippen LogP contribution in [0, 0.1) is 20.8 Å². The van der Waals surface area contributed by atoms with Crippen molar-refractivity contribution in [3.05, 3.63) is 20.8 Å². The summed E-state index contributed by atoms with van der Waals surface area (Å²) in [6, 6.07) is 0. The van der Waals surface area contributed by atoms with Crippen LogP contribution in [0.5, 0.6) is 0 Å². The Hall–Kier alpha value is 0.430. The van der Waals surface area contributed by atoms with Gasteiger partial charge in [0.25, 0.3) is 0 Å². The fraction of sp³-hybridized carbons (Fsp3) is 0.800. The molecular formula is C15H33P. The van der Waals surface area contributed by atoms with Gasteiger partial charge in [0.05, 0.1) is 0 Å². The van der Waals surface area contributed by atoms with Crippen LogP contribution in [-0.2, 0) is 0 Å². The molecule has 1 heteroatoms. The molecular weight excluding hydrogens is 211 g/mol. The molecule has 0 bridgehead atoms. The van der Waals surface area contributed by atoms with Gasteiger partial charge in [-0.2, -0.15) is 19.3 Å². The molecule has 0 fully saturated rings. The number of unbranched alkanes of at least 4 members (excludes halogenated alkanes) is 6. The van der Waals surface area contributed by atoms with Crippen molar-refractivity contribution in [2.45, 2.75) is 78.6 Å². The van der Waals surface area contributed by atoms with Crippen molar-refractivity contribution in [3.63, 3.8) is 0 Å². The molecule has 0 unspecified atom stereocenters. The van der Waals surface area contributed by atoms with Crippen LogP contribution in [0.4, 0.5) is 0 Å². The predicted octanol–water partition coefficient (Wildman–Crippen LogP) is 6.89. The molecule has 0 saturated heterocycles. The van der Waals surface area contributed by atoms with Gasteiger partial charge in [-0.3, -0.25) is 0 Å². The summed E-state index contributed by atoms with van der Waals surface area (Å²) < 4.78 is 0. The molecule has 0 heterocycles. The molecule has 0 aromatic rings. The molecule has 16 heavy (non-hydrogen) atoms. The van der Waals surface area contributed by atoms with Gasteiger partial charge in [-0.05, 0) is 0 Å². The Balaban J connectivity index is -0.0000000655. The van der Waals surface area contributed by atoms with Crippen molar-refractivity contribution in [3.8, 4) is 0 Å². The second-order valence-electron chi connectivity index (χ2n) is 3.62. The van der Waals surface area contributed by atoms with Crippen LogP contribution in [0.3, 0.4) is 0 Å². The molecule has 0 spiro atoms. The summed E-state index contributed by atoms with van der Waals surface area (Å²) in [5, 5.41) is 0. The van der Waals surface area contributed by atoms with Gasteiger partial charge in [-0.15, -0.1) is 0 Å². The average Bonchev–Trinajstić information content (AvgIpc) is 2.23. The van der Waals surface area contributed by atoms with Gasteiger partial charge in [0.2, 0.25) is 0 Å². The largest absolute Gasteiger partial charge is 3.00 e. The standard InChI is InChI=1S/3C5H11.P/c3*1-3-5-4-2;/h3*1,3-5H2,2H3;/q3*-1;+3. The molecule has 0 aliphatic rings. The third kappa shape index (κ3) is 63.0. The van der Waals surface area contributed by atoms with Crippen molar-refractivity contribution in [1.82, 2.24) is 0 Å². The van der Waals surface area contributed by atoms with E-state index in [9.17, 15) is 0 Å². The normalized spacial score (nSPS) is 7.88. The molecule has 0 saturated carbocycles. The topological polar surface area (TPSA) is 0 Å². The van der Waals surface area contributed by atoms with Gasteiger partial charge in [-0.1, -0.05) is 59.3 Å². The number of hydrogen-bond donors (Lipinski definition) is 0. The molecule has 0 amide bonds. The van der Waals surface area contributed by atoms with Crippen LogP contribution >= 0.6 is 9.90 Å². The van der Waals surface area contributed by atoms with E-state index in [2.05, 4.69) is 41.5 Å². The van der Waals surface area contributed by atoms with Crippen molar-refractivity contribution < 1.29 is 0 Å². The molecule has 0 aromatic carbocycles. The van der Waals surface area contributed by atoms with Crippen LogP contribution in [0.15, 0.2) is 0 Å². The quantitative estimate of drug-likeness (QED) is 0.352. The van der Waals surface area contributed by atoms with E-state index in [1.807, 2.05) is 0 Å². The fourth-order valence-corrected chi connectivity index (χ4v) is 0.750. The summed E-state index contributed by atoms with van der Waals surface area (Å²) in [4.78, 5) is 0. The minimum absolute atomic E-state index is 0. The second kappa shape index (κ2) is 36.1. The Bertz CT molecular complexity index is 42.2. The molecule has 0 aliphatic heterocycles. The van der Waals surface area contributed by atoms with Crippen LogP contribution < -0.4 is 0 Å². The summed E-state index contributed by atoms with van der Waals surface area (Å²) in [6.45, 7) is 17.5. The van der Waals surface area contributed by atoms with Gasteiger partial charge in [-0.25, -0.2) is 0 Å². The molecule has 98 valence electrons. The Labute approximate surface area is 110 Å². The number of rotatable bonds is 6. The molecule has 0 N–H and O–H groups in total. The number of hydrogen-bond acceptors (Lipinski definition) is 0. The van der Waals surface area contributed by atoms with Crippen molar-refractivity contribution >= 4 is 9.90 Å². The van der Waals surface area contributed by atoms with Crippen LogP contribution in [0.1, 0.15) is 78.6 Å². The van der Waals surface area contributed by atoms with Crippen molar-refractivity contribution in [2.75, 3.05) is 0 Å². The third-order valence-corrected chi connectivity index (χ3v) is 1.81. The molecule has 2 radical (unpaired) electrons. The van der Waals surface area contributed by atoms with Crippen molar-refractivity contribution in [1.29, 1.82) is 0 Å². The van der Waals surface area contributed by atoms with E-state index >= 15 is 0 Å². The monoisotopic (exact) mass is 244 g/mol. The molecule has 0 aromatic heterocycles. The van der Waals surface area contributed by atoms with Crippen LogP contribution in [0.2, 0.25) is 0 Å². The minimum atomic E-state index is 0. The fourth-order valence-electron chi connectivity index (χ4n) is 0.750. The summed E-state index contributed by atoms with van der Waals surface area (Å²) >= 11 is 0. The second-order valence-corrected chi connectivity index (χ2v) is 3.62. The average molecular weight is 244 g/mol. The Morgan fingerprint density at radius 1 is 0.562 bits per heavy atom. The van der Waals surface area contributed by atoms with E-state index < -0.39 is 0 Å². The van der Waals surface area contributed by atoms with E-state index in [0.29, 0.717) is 0 Å². The summed E-state index contributed by atoms with van der Waals surface area (Å²) in [6.07, 6.45) is 11.0. The van der Waals surface area contributed by atoms with Crippen LogP contribution in [0.25, 0.3) is 0 Å². The summed E-state index contributed by atoms with van der Waals surface area (Å²) in [5.41, 5.74) is 0. The summed E-state index contributed by atoms with van der Waals surface area (Å²) in [5.74, 6) is 0. The molecule has 0 rings (SSSR count). The first-order valence-electron chi connectivity index (χ1n) is 6.62. The van der Waals surface area contributed by atoms with Gasteiger partial charge >= 0.3 is 9.90 Å². The van der Waals surface area contributed by atoms with E-state index in [1.165, 1.54) is 38.5 Å².